The normalized spacial score (nSPS) is 16.2. The molecule has 2 aliphatic heterocycles. The van der Waals surface area contributed by atoms with Crippen LogP contribution >= 0.6 is 0 Å². The fourth-order valence-electron chi connectivity index (χ4n) is 4.35. The van der Waals surface area contributed by atoms with E-state index in [1.807, 2.05) is 42.5 Å². The predicted octanol–water partition coefficient (Wildman–Crippen LogP) is 4.90. The number of carbonyl (C=O) groups is 1. The van der Waals surface area contributed by atoms with E-state index in [9.17, 15) is 4.79 Å². The van der Waals surface area contributed by atoms with Gasteiger partial charge in [-0.3, -0.25) is 14.7 Å². The van der Waals surface area contributed by atoms with Crippen molar-refractivity contribution in [2.45, 2.75) is 26.9 Å². The number of hydrogen-bond donors (Lipinski definition) is 0. The molecule has 3 heterocycles. The van der Waals surface area contributed by atoms with Gasteiger partial charge in [0.15, 0.2) is 5.76 Å². The molecule has 33 heavy (non-hydrogen) atoms. The highest BCUT2D eigenvalue weighted by atomic mass is 16.5. The molecule has 6 nitrogen and oxygen atoms in total. The lowest BCUT2D eigenvalue weighted by Gasteiger charge is -2.29. The van der Waals surface area contributed by atoms with E-state index in [-0.39, 0.29) is 5.78 Å². The second kappa shape index (κ2) is 9.08. The molecule has 0 spiro atoms. The average molecular weight is 442 g/mol. The van der Waals surface area contributed by atoms with Crippen LogP contribution in [0.25, 0.3) is 6.08 Å². The van der Waals surface area contributed by atoms with Gasteiger partial charge in [0, 0.05) is 38.1 Å². The number of nitrogens with zero attached hydrogens (tertiary/aromatic N) is 3. The zero-order chi connectivity index (χ0) is 22.8. The number of ketones is 1. The minimum absolute atomic E-state index is 0.0949. The Morgan fingerprint density at radius 1 is 1.06 bits per heavy atom. The fraction of sp³-hybridized carbons (Fsp3) is 0.259. The Morgan fingerprint density at radius 2 is 1.88 bits per heavy atom. The van der Waals surface area contributed by atoms with Crippen molar-refractivity contribution in [2.24, 2.45) is 0 Å². The number of anilines is 1. The Hall–Kier alpha value is -3.64. The van der Waals surface area contributed by atoms with Crippen LogP contribution in [0.15, 0.2) is 66.6 Å². The predicted molar refractivity (Wildman–Crippen MR) is 128 cm³/mol. The van der Waals surface area contributed by atoms with Crippen molar-refractivity contribution in [2.75, 3.05) is 24.7 Å². The van der Waals surface area contributed by atoms with Crippen LogP contribution in [0.2, 0.25) is 0 Å². The Morgan fingerprint density at radius 3 is 2.61 bits per heavy atom. The van der Waals surface area contributed by atoms with Crippen molar-refractivity contribution in [3.63, 3.8) is 0 Å². The molecule has 0 fully saturated rings. The maximum absolute atomic E-state index is 13.1. The molecule has 5 rings (SSSR count). The minimum Gasteiger partial charge on any atom is -0.478 e. The maximum atomic E-state index is 13.1. The Kier molecular flexibility index (Phi) is 5.84. The quantitative estimate of drug-likeness (QED) is 0.508. The van der Waals surface area contributed by atoms with Crippen LogP contribution < -0.4 is 14.4 Å². The molecule has 0 bridgehead atoms. The van der Waals surface area contributed by atoms with E-state index < -0.39 is 0 Å². The van der Waals surface area contributed by atoms with Crippen molar-refractivity contribution in [1.82, 2.24) is 9.88 Å². The van der Waals surface area contributed by atoms with Crippen LogP contribution in [0.3, 0.4) is 0 Å². The van der Waals surface area contributed by atoms with Crippen molar-refractivity contribution in [3.8, 4) is 11.5 Å². The van der Waals surface area contributed by atoms with Crippen LogP contribution in [0.4, 0.5) is 5.69 Å². The summed E-state index contributed by atoms with van der Waals surface area (Å²) in [5.74, 6) is 1.62. The summed E-state index contributed by atoms with van der Waals surface area (Å²) in [5.41, 5.74) is 4.57. The Bertz CT molecular complexity index is 1190. The van der Waals surface area contributed by atoms with Gasteiger partial charge in [0.25, 0.3) is 0 Å². The second-order valence-electron chi connectivity index (χ2n) is 8.20. The lowest BCUT2D eigenvalue weighted by molar-refractivity contribution is 0.0861. The molecule has 0 aliphatic carbocycles. The lowest BCUT2D eigenvalue weighted by atomic mass is 10.0. The zero-order valence-electron chi connectivity index (χ0n) is 19.0. The first-order valence-electron chi connectivity index (χ1n) is 11.4. The Balaban J connectivity index is 1.37. The molecule has 0 saturated carbocycles. The third-order valence-electron chi connectivity index (χ3n) is 6.11. The number of Topliss-reactive ketones (excluding diaryl/α,β-unsaturated/α-hetero) is 1. The number of fused-ring (bicyclic) bond motifs is 3. The average Bonchev–Trinajstić information content (AvgIpc) is 3.17. The van der Waals surface area contributed by atoms with Crippen LogP contribution in [-0.2, 0) is 13.1 Å². The molecule has 0 radical (unpaired) electrons. The molecule has 0 amide bonds. The van der Waals surface area contributed by atoms with Crippen molar-refractivity contribution >= 4 is 17.5 Å². The molecule has 2 aromatic carbocycles. The van der Waals surface area contributed by atoms with E-state index in [1.54, 1.807) is 12.3 Å². The number of carbonyl (C=O) groups excluding carboxylic acids is 1. The van der Waals surface area contributed by atoms with Gasteiger partial charge in [0.05, 0.1) is 16.8 Å². The molecule has 6 heteroatoms. The summed E-state index contributed by atoms with van der Waals surface area (Å²) in [7, 11) is 0. The minimum atomic E-state index is -0.0949. The zero-order valence-corrected chi connectivity index (χ0v) is 19.0. The highest BCUT2D eigenvalue weighted by molar-refractivity contribution is 6.15. The third-order valence-corrected chi connectivity index (χ3v) is 6.11. The Labute approximate surface area is 194 Å². The van der Waals surface area contributed by atoms with E-state index in [0.29, 0.717) is 36.9 Å². The molecular formula is C27H27N3O3. The third kappa shape index (κ3) is 4.22. The summed E-state index contributed by atoms with van der Waals surface area (Å²) in [6, 6.07) is 17.8. The van der Waals surface area contributed by atoms with E-state index in [2.05, 4.69) is 40.8 Å². The number of aromatic nitrogens is 1. The summed E-state index contributed by atoms with van der Waals surface area (Å²) >= 11 is 0. The van der Waals surface area contributed by atoms with E-state index in [0.717, 1.165) is 35.7 Å². The maximum Gasteiger partial charge on any atom is 0.231 e. The summed E-state index contributed by atoms with van der Waals surface area (Å²) < 4.78 is 12.1. The molecule has 2 aliphatic rings. The number of ether oxygens (including phenoxy) is 2. The van der Waals surface area contributed by atoms with Crippen molar-refractivity contribution in [1.29, 1.82) is 0 Å². The highest BCUT2D eigenvalue weighted by Gasteiger charge is 2.33. The fourth-order valence-corrected chi connectivity index (χ4v) is 4.35. The van der Waals surface area contributed by atoms with Gasteiger partial charge < -0.3 is 14.4 Å². The molecule has 0 saturated heterocycles. The molecule has 1 aromatic heterocycles. The summed E-state index contributed by atoms with van der Waals surface area (Å²) in [5, 5.41) is 0. The van der Waals surface area contributed by atoms with Gasteiger partial charge in [-0.05, 0) is 61.9 Å². The molecule has 3 aromatic rings. The van der Waals surface area contributed by atoms with Gasteiger partial charge in [-0.2, -0.15) is 0 Å². The molecule has 0 atom stereocenters. The first-order valence-corrected chi connectivity index (χ1v) is 11.4. The largest absolute Gasteiger partial charge is 0.478 e. The first-order chi connectivity index (χ1) is 16.2. The van der Waals surface area contributed by atoms with Crippen LogP contribution in [0.1, 0.15) is 41.0 Å². The molecule has 0 unspecified atom stereocenters. The molecular weight excluding hydrogens is 414 g/mol. The first kappa shape index (κ1) is 21.2. The number of pyridine rings is 1. The highest BCUT2D eigenvalue weighted by Crippen LogP contribution is 2.42. The number of rotatable bonds is 6. The number of benzene rings is 2. The van der Waals surface area contributed by atoms with E-state index in [4.69, 9.17) is 9.47 Å². The van der Waals surface area contributed by atoms with Crippen molar-refractivity contribution < 1.29 is 14.3 Å². The van der Waals surface area contributed by atoms with E-state index >= 15 is 0 Å². The standard InChI is InChI=1S/C27H27N3O3/c1-3-30(4-2)21-10-8-19(9-11-21)15-25-26(31)22-12-13-24-23(27(22)33-25)17-29(18-32-24)16-20-7-5-6-14-28-20/h5-15H,3-4,16-18H2,1-2H3/b25-15-. The monoisotopic (exact) mass is 441 g/mol. The van der Waals surface area contributed by atoms with Gasteiger partial charge in [0.2, 0.25) is 5.78 Å². The SMILES string of the molecule is CCN(CC)c1ccc(/C=C2\Oc3c(ccc4c3CN(Cc3ccccn3)CO4)C2=O)cc1. The molecule has 0 N–H and O–H groups in total. The van der Waals surface area contributed by atoms with E-state index in [1.165, 1.54) is 5.69 Å². The van der Waals surface area contributed by atoms with Crippen LogP contribution in [-0.4, -0.2) is 35.5 Å². The summed E-state index contributed by atoms with van der Waals surface area (Å²) in [6.45, 7) is 7.97. The van der Waals surface area contributed by atoms with Gasteiger partial charge in [0.1, 0.15) is 18.2 Å². The van der Waals surface area contributed by atoms with Crippen LogP contribution in [0, 0.1) is 0 Å². The smallest absolute Gasteiger partial charge is 0.231 e. The number of hydrogen-bond acceptors (Lipinski definition) is 6. The lowest BCUT2D eigenvalue weighted by Crippen LogP contribution is -2.32. The van der Waals surface area contributed by atoms with Crippen LogP contribution in [0.5, 0.6) is 11.5 Å². The van der Waals surface area contributed by atoms with Gasteiger partial charge in [-0.15, -0.1) is 0 Å². The van der Waals surface area contributed by atoms with Crippen molar-refractivity contribution in [3.05, 3.63) is 88.9 Å². The van der Waals surface area contributed by atoms with Gasteiger partial charge in [-0.25, -0.2) is 0 Å². The van der Waals surface area contributed by atoms with Gasteiger partial charge >= 0.3 is 0 Å². The number of allylic oxidation sites excluding steroid dienone is 1. The van der Waals surface area contributed by atoms with Gasteiger partial charge in [-0.1, -0.05) is 18.2 Å². The molecule has 168 valence electrons. The second-order valence-corrected chi connectivity index (χ2v) is 8.20. The summed E-state index contributed by atoms with van der Waals surface area (Å²) in [6.07, 6.45) is 3.61. The topological polar surface area (TPSA) is 54.9 Å². The summed E-state index contributed by atoms with van der Waals surface area (Å²) in [4.78, 5) is 21.9.